The Hall–Kier alpha value is -1.87. The Bertz CT molecular complexity index is 930. The van der Waals surface area contributed by atoms with Gasteiger partial charge in [-0.2, -0.15) is 9.61 Å². The molecule has 3 heterocycles. The molecule has 2 aromatic rings. The van der Waals surface area contributed by atoms with Crippen molar-refractivity contribution in [3.63, 3.8) is 0 Å². The number of carbonyl (C=O) groups excluding carboxylic acids is 1. The first kappa shape index (κ1) is 23.3. The second-order valence-corrected chi connectivity index (χ2v) is 10.7. The fourth-order valence-electron chi connectivity index (χ4n) is 4.41. The molecule has 0 aromatic carbocycles. The van der Waals surface area contributed by atoms with E-state index in [0.29, 0.717) is 30.0 Å². The summed E-state index contributed by atoms with van der Waals surface area (Å²) in [6.45, 7) is 7.67. The molecule has 4 rings (SSSR count). The molecule has 0 radical (unpaired) electrons. The zero-order valence-corrected chi connectivity index (χ0v) is 20.9. The third kappa shape index (κ3) is 5.73. The lowest BCUT2D eigenvalue weighted by atomic mass is 9.95. The number of fused-ring (bicyclic) bond motifs is 1. The molecule has 2 aromatic heterocycles. The van der Waals surface area contributed by atoms with Crippen molar-refractivity contribution in [2.75, 3.05) is 30.0 Å². The van der Waals surface area contributed by atoms with E-state index in [1.165, 1.54) is 19.3 Å². The van der Waals surface area contributed by atoms with Crippen LogP contribution >= 0.6 is 15.9 Å². The number of ether oxygens (including phenoxy) is 2. The predicted molar refractivity (Wildman–Crippen MR) is 128 cm³/mol. The third-order valence-electron chi connectivity index (χ3n) is 6.04. The molecule has 1 saturated heterocycles. The van der Waals surface area contributed by atoms with E-state index in [-0.39, 0.29) is 6.09 Å². The van der Waals surface area contributed by atoms with Gasteiger partial charge < -0.3 is 14.8 Å². The molecule has 1 aliphatic heterocycles. The van der Waals surface area contributed by atoms with Crippen molar-refractivity contribution in [2.45, 2.75) is 77.4 Å². The Morgan fingerprint density at radius 2 is 1.97 bits per heavy atom. The van der Waals surface area contributed by atoms with Crippen LogP contribution in [-0.4, -0.2) is 52.1 Å². The van der Waals surface area contributed by atoms with Gasteiger partial charge in [0.25, 0.3) is 0 Å². The number of aromatic nitrogens is 3. The average molecular weight is 508 g/mol. The number of rotatable bonds is 5. The summed E-state index contributed by atoms with van der Waals surface area (Å²) >= 11 is 3.57. The van der Waals surface area contributed by atoms with Crippen LogP contribution in [-0.2, 0) is 9.47 Å². The summed E-state index contributed by atoms with van der Waals surface area (Å²) in [4.78, 5) is 19.9. The van der Waals surface area contributed by atoms with Gasteiger partial charge in [0.05, 0.1) is 10.7 Å². The summed E-state index contributed by atoms with van der Waals surface area (Å²) < 4.78 is 13.8. The fraction of sp³-hybridized carbons (Fsp3) is 0.696. The third-order valence-corrected chi connectivity index (χ3v) is 6.60. The molecule has 176 valence electrons. The Morgan fingerprint density at radius 3 is 2.66 bits per heavy atom. The molecule has 0 atom stereocenters. The summed E-state index contributed by atoms with van der Waals surface area (Å²) in [6.07, 6.45) is 9.23. The summed E-state index contributed by atoms with van der Waals surface area (Å²) in [7, 11) is 0. The summed E-state index contributed by atoms with van der Waals surface area (Å²) in [5.41, 5.74) is 0.0896. The number of carbonyl (C=O) groups is 1. The standard InChI is InChI=1S/C23H34BrN5O3/c1-23(2,3)32-22(30)28(15-16-9-11-31-12-10-16)20-13-19(26-17-7-5-4-6-8-17)27-21-18(24)14-25-29(20)21/h13-14,16-17H,4-12,15H2,1-3H3,(H,26,27). The van der Waals surface area contributed by atoms with E-state index in [1.807, 2.05) is 26.8 Å². The molecule has 32 heavy (non-hydrogen) atoms. The Labute approximate surface area is 198 Å². The number of hydrogen-bond acceptors (Lipinski definition) is 6. The molecule has 2 fully saturated rings. The van der Waals surface area contributed by atoms with Crippen molar-refractivity contribution in [2.24, 2.45) is 5.92 Å². The largest absolute Gasteiger partial charge is 0.443 e. The SMILES string of the molecule is CC(C)(C)OC(=O)N(CC1CCOCC1)c1cc(NC2CCCCC2)nc2c(Br)cnn12. The molecule has 9 heteroatoms. The van der Waals surface area contributed by atoms with Gasteiger partial charge in [-0.1, -0.05) is 19.3 Å². The lowest BCUT2D eigenvalue weighted by molar-refractivity contribution is 0.0512. The van der Waals surface area contributed by atoms with Crippen LogP contribution in [0.5, 0.6) is 0 Å². The Kier molecular flexibility index (Phi) is 7.24. The molecule has 8 nitrogen and oxygen atoms in total. The molecule has 1 saturated carbocycles. The highest BCUT2D eigenvalue weighted by atomic mass is 79.9. The Morgan fingerprint density at radius 1 is 1.25 bits per heavy atom. The van der Waals surface area contributed by atoms with Gasteiger partial charge in [0.1, 0.15) is 17.2 Å². The number of anilines is 2. The summed E-state index contributed by atoms with van der Waals surface area (Å²) in [5.74, 6) is 1.77. The van der Waals surface area contributed by atoms with E-state index in [4.69, 9.17) is 14.5 Å². The minimum absolute atomic E-state index is 0.341. The number of halogens is 1. The van der Waals surface area contributed by atoms with Crippen LogP contribution in [0.1, 0.15) is 65.7 Å². The van der Waals surface area contributed by atoms with Gasteiger partial charge in [-0.05, 0) is 68.3 Å². The van der Waals surface area contributed by atoms with E-state index in [1.54, 1.807) is 15.6 Å². The predicted octanol–water partition coefficient (Wildman–Crippen LogP) is 5.40. The molecular formula is C23H34BrN5O3. The monoisotopic (exact) mass is 507 g/mol. The van der Waals surface area contributed by atoms with Gasteiger partial charge in [0.15, 0.2) is 5.65 Å². The van der Waals surface area contributed by atoms with Gasteiger partial charge in [-0.25, -0.2) is 9.78 Å². The lowest BCUT2D eigenvalue weighted by Crippen LogP contribution is -2.42. The van der Waals surface area contributed by atoms with E-state index in [9.17, 15) is 4.79 Å². The van der Waals surface area contributed by atoms with E-state index < -0.39 is 5.60 Å². The molecule has 0 unspecified atom stereocenters. The van der Waals surface area contributed by atoms with E-state index in [2.05, 4.69) is 26.3 Å². The first-order valence-electron chi connectivity index (χ1n) is 11.7. The van der Waals surface area contributed by atoms with Crippen molar-refractivity contribution in [3.05, 3.63) is 16.7 Å². The smallest absolute Gasteiger partial charge is 0.416 e. The fourth-order valence-corrected chi connectivity index (χ4v) is 4.76. The average Bonchev–Trinajstić information content (AvgIpc) is 3.13. The number of nitrogens with zero attached hydrogens (tertiary/aromatic N) is 4. The molecule has 1 amide bonds. The van der Waals surface area contributed by atoms with Crippen LogP contribution in [0, 0.1) is 5.92 Å². The summed E-state index contributed by atoms with van der Waals surface area (Å²) in [5, 5.41) is 8.11. The van der Waals surface area contributed by atoms with Crippen LogP contribution in [0.25, 0.3) is 5.65 Å². The van der Waals surface area contributed by atoms with Crippen LogP contribution in [0.3, 0.4) is 0 Å². The number of hydrogen-bond donors (Lipinski definition) is 1. The van der Waals surface area contributed by atoms with Crippen molar-refractivity contribution in [1.29, 1.82) is 0 Å². The van der Waals surface area contributed by atoms with Crippen LogP contribution < -0.4 is 10.2 Å². The summed E-state index contributed by atoms with van der Waals surface area (Å²) in [6, 6.07) is 2.34. The highest BCUT2D eigenvalue weighted by molar-refractivity contribution is 9.10. The van der Waals surface area contributed by atoms with Crippen molar-refractivity contribution in [3.8, 4) is 0 Å². The number of amides is 1. The minimum Gasteiger partial charge on any atom is -0.443 e. The second-order valence-electron chi connectivity index (χ2n) is 9.85. The maximum Gasteiger partial charge on any atom is 0.416 e. The maximum atomic E-state index is 13.4. The van der Waals surface area contributed by atoms with Crippen LogP contribution in [0.15, 0.2) is 16.7 Å². The molecule has 1 aliphatic carbocycles. The van der Waals surface area contributed by atoms with Crippen molar-refractivity contribution in [1.82, 2.24) is 14.6 Å². The van der Waals surface area contributed by atoms with Crippen LogP contribution in [0.2, 0.25) is 0 Å². The molecule has 0 spiro atoms. The second kappa shape index (κ2) is 9.95. The zero-order chi connectivity index (χ0) is 22.7. The molecule has 0 bridgehead atoms. The minimum atomic E-state index is -0.592. The Balaban J connectivity index is 1.70. The van der Waals surface area contributed by atoms with Gasteiger partial charge >= 0.3 is 6.09 Å². The first-order chi connectivity index (χ1) is 15.3. The zero-order valence-electron chi connectivity index (χ0n) is 19.3. The topological polar surface area (TPSA) is 81.0 Å². The molecular weight excluding hydrogens is 474 g/mol. The maximum absolute atomic E-state index is 13.4. The lowest BCUT2D eigenvalue weighted by Gasteiger charge is -2.32. The van der Waals surface area contributed by atoms with E-state index in [0.717, 1.165) is 49.2 Å². The first-order valence-corrected chi connectivity index (χ1v) is 12.5. The normalized spacial score (nSPS) is 18.6. The molecule has 1 N–H and O–H groups in total. The molecule has 2 aliphatic rings. The van der Waals surface area contributed by atoms with Gasteiger partial charge in [-0.3, -0.25) is 4.90 Å². The number of nitrogens with one attached hydrogen (secondary N) is 1. The quantitative estimate of drug-likeness (QED) is 0.582. The highest BCUT2D eigenvalue weighted by Crippen LogP contribution is 2.30. The van der Waals surface area contributed by atoms with Gasteiger partial charge in [0, 0.05) is 31.9 Å². The highest BCUT2D eigenvalue weighted by Gasteiger charge is 2.30. The van der Waals surface area contributed by atoms with E-state index >= 15 is 0 Å². The van der Waals surface area contributed by atoms with Crippen LogP contribution in [0.4, 0.5) is 16.4 Å². The van der Waals surface area contributed by atoms with Gasteiger partial charge in [-0.15, -0.1) is 0 Å². The van der Waals surface area contributed by atoms with Gasteiger partial charge in [0.2, 0.25) is 0 Å². The van der Waals surface area contributed by atoms with Crippen molar-refractivity contribution >= 4 is 39.3 Å². The van der Waals surface area contributed by atoms with Crippen molar-refractivity contribution < 1.29 is 14.3 Å².